The molecule has 0 aromatic heterocycles. The summed E-state index contributed by atoms with van der Waals surface area (Å²) in [7, 11) is 0. The van der Waals surface area contributed by atoms with Crippen LogP contribution in [-0.4, -0.2) is 18.4 Å². The van der Waals surface area contributed by atoms with E-state index in [1.165, 1.54) is 6.92 Å². The van der Waals surface area contributed by atoms with Gasteiger partial charge in [0.25, 0.3) is 0 Å². The molecular formula is C9H13NO3. The molecule has 0 heterocycles. The van der Waals surface area contributed by atoms with Crippen molar-refractivity contribution in [3.8, 4) is 6.07 Å². The molecule has 0 aliphatic carbocycles. The van der Waals surface area contributed by atoms with Gasteiger partial charge in [0, 0.05) is 6.42 Å². The topological polar surface area (TPSA) is 67.2 Å². The molecule has 0 bridgehead atoms. The van der Waals surface area contributed by atoms with Crippen molar-refractivity contribution < 1.29 is 14.3 Å². The summed E-state index contributed by atoms with van der Waals surface area (Å²) < 4.78 is 4.69. The summed E-state index contributed by atoms with van der Waals surface area (Å²) >= 11 is 0. The van der Waals surface area contributed by atoms with Crippen molar-refractivity contribution in [1.29, 1.82) is 5.26 Å². The number of nitriles is 1. The van der Waals surface area contributed by atoms with Gasteiger partial charge in [0.2, 0.25) is 0 Å². The fourth-order valence-corrected chi connectivity index (χ4v) is 0.939. The van der Waals surface area contributed by atoms with Crippen LogP contribution < -0.4 is 0 Å². The highest BCUT2D eigenvalue weighted by Gasteiger charge is 2.23. The maximum atomic E-state index is 11.1. The molecule has 4 heteroatoms. The molecule has 1 atom stereocenters. The molecule has 13 heavy (non-hydrogen) atoms. The van der Waals surface area contributed by atoms with Gasteiger partial charge in [-0.3, -0.25) is 9.59 Å². The number of Topliss-reactive ketones (excluding diaryl/α,β-unsaturated/α-hetero) is 1. The summed E-state index contributed by atoms with van der Waals surface area (Å²) in [6.07, 6.45) is 0.452. The molecule has 0 fully saturated rings. The lowest BCUT2D eigenvalue weighted by Crippen LogP contribution is -2.24. The maximum Gasteiger partial charge on any atom is 0.316 e. The van der Waals surface area contributed by atoms with Crippen molar-refractivity contribution in [2.75, 3.05) is 6.61 Å². The zero-order valence-corrected chi connectivity index (χ0v) is 7.87. The van der Waals surface area contributed by atoms with Crippen LogP contribution in [0.1, 0.15) is 26.7 Å². The molecule has 4 nitrogen and oxygen atoms in total. The molecule has 0 spiro atoms. The molecule has 0 unspecified atom stereocenters. The summed E-state index contributed by atoms with van der Waals surface area (Å²) in [4.78, 5) is 22.1. The van der Waals surface area contributed by atoms with E-state index in [4.69, 9.17) is 10.00 Å². The lowest BCUT2D eigenvalue weighted by Gasteiger charge is -2.09. The number of hydrogen-bond acceptors (Lipinski definition) is 4. The fourth-order valence-electron chi connectivity index (χ4n) is 0.939. The Kier molecular flexibility index (Phi) is 5.53. The van der Waals surface area contributed by atoms with Crippen LogP contribution in [0.3, 0.4) is 0 Å². The number of carbonyl (C=O) groups is 2. The maximum absolute atomic E-state index is 11.1. The van der Waals surface area contributed by atoms with Crippen molar-refractivity contribution in [1.82, 2.24) is 0 Å². The van der Waals surface area contributed by atoms with Gasteiger partial charge < -0.3 is 4.74 Å². The largest absolute Gasteiger partial charge is 0.465 e. The minimum atomic E-state index is -0.764. The molecule has 0 saturated heterocycles. The Labute approximate surface area is 77.5 Å². The average Bonchev–Trinajstić information content (AvgIpc) is 2.05. The molecule has 0 saturated carbocycles. The molecule has 0 amide bonds. The van der Waals surface area contributed by atoms with Gasteiger partial charge >= 0.3 is 5.97 Å². The van der Waals surface area contributed by atoms with E-state index in [0.717, 1.165) is 0 Å². The van der Waals surface area contributed by atoms with Gasteiger partial charge in [0.1, 0.15) is 11.7 Å². The van der Waals surface area contributed by atoms with Gasteiger partial charge in [0.05, 0.1) is 12.7 Å². The molecule has 0 aromatic carbocycles. The first-order valence-electron chi connectivity index (χ1n) is 4.17. The number of ether oxygens (including phenoxy) is 1. The number of carbonyl (C=O) groups excluding carboxylic acids is 2. The Balaban J connectivity index is 4.17. The van der Waals surface area contributed by atoms with Crippen molar-refractivity contribution in [3.63, 3.8) is 0 Å². The van der Waals surface area contributed by atoms with Crippen LogP contribution in [0.25, 0.3) is 0 Å². The highest BCUT2D eigenvalue weighted by molar-refractivity contribution is 5.97. The van der Waals surface area contributed by atoms with E-state index in [1.54, 1.807) is 6.92 Å². The average molecular weight is 183 g/mol. The minimum absolute atomic E-state index is 0.197. The van der Waals surface area contributed by atoms with Crippen LogP contribution in [0.2, 0.25) is 0 Å². The first kappa shape index (κ1) is 11.6. The quantitative estimate of drug-likeness (QED) is 0.472. The van der Waals surface area contributed by atoms with Gasteiger partial charge in [0.15, 0.2) is 0 Å². The SMILES string of the molecule is CCOC(=O)[C@H](CCC#N)C(C)=O. The van der Waals surface area contributed by atoms with E-state index < -0.39 is 11.9 Å². The predicted molar refractivity (Wildman–Crippen MR) is 45.7 cm³/mol. The first-order valence-corrected chi connectivity index (χ1v) is 4.17. The predicted octanol–water partition coefficient (Wildman–Crippen LogP) is 1.06. The highest BCUT2D eigenvalue weighted by atomic mass is 16.5. The van der Waals surface area contributed by atoms with Crippen molar-refractivity contribution in [2.24, 2.45) is 5.92 Å². The summed E-state index contributed by atoms with van der Waals surface area (Å²) in [6.45, 7) is 3.27. The molecule has 0 N–H and O–H groups in total. The van der Waals surface area contributed by atoms with E-state index in [0.29, 0.717) is 0 Å². The van der Waals surface area contributed by atoms with E-state index in [9.17, 15) is 9.59 Å². The fraction of sp³-hybridized carbons (Fsp3) is 0.667. The van der Waals surface area contributed by atoms with E-state index in [1.807, 2.05) is 6.07 Å². The van der Waals surface area contributed by atoms with Crippen molar-refractivity contribution >= 4 is 11.8 Å². The van der Waals surface area contributed by atoms with Gasteiger partial charge in [-0.15, -0.1) is 0 Å². The second kappa shape index (κ2) is 6.18. The van der Waals surface area contributed by atoms with Crippen LogP contribution in [0.15, 0.2) is 0 Å². The smallest absolute Gasteiger partial charge is 0.316 e. The number of nitrogens with zero attached hydrogens (tertiary/aromatic N) is 1. The minimum Gasteiger partial charge on any atom is -0.465 e. The Morgan fingerprint density at radius 3 is 2.54 bits per heavy atom. The molecule has 0 rings (SSSR count). The normalized spacial score (nSPS) is 11.5. The summed E-state index contributed by atoms with van der Waals surface area (Å²) in [5.41, 5.74) is 0. The zero-order chi connectivity index (χ0) is 10.3. The standard InChI is InChI=1S/C9H13NO3/c1-3-13-9(12)8(7(2)11)5-4-6-10/h8H,3-5H2,1-2H3/t8-/m1/s1. The molecule has 0 aliphatic heterocycles. The Bertz CT molecular complexity index is 230. The van der Waals surface area contributed by atoms with Gasteiger partial charge in [-0.05, 0) is 20.3 Å². The van der Waals surface area contributed by atoms with Gasteiger partial charge in [-0.2, -0.15) is 5.26 Å². The number of rotatable bonds is 5. The zero-order valence-electron chi connectivity index (χ0n) is 7.87. The summed E-state index contributed by atoms with van der Waals surface area (Å²) in [5.74, 6) is -1.53. The second-order valence-corrected chi connectivity index (χ2v) is 2.61. The molecule has 72 valence electrons. The Morgan fingerprint density at radius 1 is 1.54 bits per heavy atom. The number of hydrogen-bond donors (Lipinski definition) is 0. The number of esters is 1. The van der Waals surface area contributed by atoms with Crippen LogP contribution in [-0.2, 0) is 14.3 Å². The monoisotopic (exact) mass is 183 g/mol. The Hall–Kier alpha value is -1.37. The lowest BCUT2D eigenvalue weighted by molar-refractivity contribution is -0.151. The van der Waals surface area contributed by atoms with Gasteiger partial charge in [-0.25, -0.2) is 0 Å². The third-order valence-electron chi connectivity index (χ3n) is 1.61. The lowest BCUT2D eigenvalue weighted by atomic mass is 10.00. The third-order valence-corrected chi connectivity index (χ3v) is 1.61. The molecule has 0 aliphatic rings. The highest BCUT2D eigenvalue weighted by Crippen LogP contribution is 2.09. The Morgan fingerprint density at radius 2 is 2.15 bits per heavy atom. The van der Waals surface area contributed by atoms with E-state index in [-0.39, 0.29) is 25.2 Å². The first-order chi connectivity index (χ1) is 6.13. The van der Waals surface area contributed by atoms with Crippen LogP contribution in [0.5, 0.6) is 0 Å². The third kappa shape index (κ3) is 4.26. The van der Waals surface area contributed by atoms with Crippen molar-refractivity contribution in [3.05, 3.63) is 0 Å². The van der Waals surface area contributed by atoms with E-state index >= 15 is 0 Å². The van der Waals surface area contributed by atoms with E-state index in [2.05, 4.69) is 0 Å². The molecular weight excluding hydrogens is 170 g/mol. The van der Waals surface area contributed by atoms with Crippen molar-refractivity contribution in [2.45, 2.75) is 26.7 Å². The molecule has 0 aromatic rings. The van der Waals surface area contributed by atoms with Crippen LogP contribution >= 0.6 is 0 Å². The number of ketones is 1. The van der Waals surface area contributed by atoms with Crippen LogP contribution in [0, 0.1) is 17.2 Å². The summed E-state index contributed by atoms with van der Waals surface area (Å²) in [6, 6.07) is 1.89. The summed E-state index contributed by atoms with van der Waals surface area (Å²) in [5, 5.41) is 8.30. The van der Waals surface area contributed by atoms with Gasteiger partial charge in [-0.1, -0.05) is 0 Å². The molecule has 0 radical (unpaired) electrons. The second-order valence-electron chi connectivity index (χ2n) is 2.61. The van der Waals surface area contributed by atoms with Crippen LogP contribution in [0.4, 0.5) is 0 Å².